The van der Waals surface area contributed by atoms with Crippen LogP contribution in [-0.4, -0.2) is 39.5 Å². The molecule has 1 N–H and O–H groups in total. The van der Waals surface area contributed by atoms with Crippen LogP contribution >= 0.6 is 0 Å². The molecule has 0 amide bonds. The molecule has 0 spiro atoms. The van der Waals surface area contributed by atoms with E-state index < -0.39 is 5.97 Å². The summed E-state index contributed by atoms with van der Waals surface area (Å²) in [6.07, 6.45) is 1.96. The lowest BCUT2D eigenvalue weighted by atomic mass is 10.2. The molecule has 0 radical (unpaired) electrons. The highest BCUT2D eigenvalue weighted by molar-refractivity contribution is 5.91. The van der Waals surface area contributed by atoms with Gasteiger partial charge in [0, 0.05) is 0 Å². The first-order valence-electron chi connectivity index (χ1n) is 4.95. The number of hydrogen-bond donors (Lipinski definition) is 1. The SMILES string of the molecule is COc1ccc(-n2cc(C=O)nn2)cc1C(=O)O. The maximum absolute atomic E-state index is 11.0. The Labute approximate surface area is 102 Å². The number of rotatable bonds is 4. The van der Waals surface area contributed by atoms with Crippen molar-refractivity contribution >= 4 is 12.3 Å². The second-order valence-electron chi connectivity index (χ2n) is 3.40. The van der Waals surface area contributed by atoms with Crippen molar-refractivity contribution in [2.45, 2.75) is 0 Å². The Morgan fingerprint density at radius 2 is 2.28 bits per heavy atom. The first kappa shape index (κ1) is 11.8. The van der Waals surface area contributed by atoms with E-state index in [0.29, 0.717) is 12.0 Å². The Hall–Kier alpha value is -2.70. The molecule has 2 rings (SSSR count). The second-order valence-corrected chi connectivity index (χ2v) is 3.40. The minimum atomic E-state index is -1.11. The number of carboxylic acid groups (broad SMARTS) is 1. The van der Waals surface area contributed by atoms with E-state index in [1.165, 1.54) is 30.1 Å². The molecule has 0 fully saturated rings. The predicted octanol–water partition coefficient (Wildman–Crippen LogP) is 0.787. The second kappa shape index (κ2) is 4.66. The van der Waals surface area contributed by atoms with E-state index in [2.05, 4.69) is 10.3 Å². The summed E-state index contributed by atoms with van der Waals surface area (Å²) in [4.78, 5) is 21.5. The highest BCUT2D eigenvalue weighted by Gasteiger charge is 2.13. The summed E-state index contributed by atoms with van der Waals surface area (Å²) in [6, 6.07) is 4.53. The van der Waals surface area contributed by atoms with Gasteiger partial charge in [0.25, 0.3) is 0 Å². The van der Waals surface area contributed by atoms with Crippen LogP contribution in [0.5, 0.6) is 5.75 Å². The van der Waals surface area contributed by atoms with E-state index in [1.54, 1.807) is 6.07 Å². The lowest BCUT2D eigenvalue weighted by Gasteiger charge is -2.06. The minimum Gasteiger partial charge on any atom is -0.496 e. The smallest absolute Gasteiger partial charge is 0.339 e. The molecular formula is C11H9N3O4. The molecule has 7 heteroatoms. The number of benzene rings is 1. The Bertz CT molecular complexity index is 606. The summed E-state index contributed by atoms with van der Waals surface area (Å²) in [6.45, 7) is 0. The largest absolute Gasteiger partial charge is 0.496 e. The average Bonchev–Trinajstić information content (AvgIpc) is 2.86. The van der Waals surface area contributed by atoms with E-state index in [0.717, 1.165) is 0 Å². The lowest BCUT2D eigenvalue weighted by molar-refractivity contribution is 0.0693. The molecule has 0 aliphatic carbocycles. The van der Waals surface area contributed by atoms with Crippen LogP contribution < -0.4 is 4.74 Å². The molecule has 0 atom stereocenters. The molecule has 1 heterocycles. The number of methoxy groups -OCH3 is 1. The van der Waals surface area contributed by atoms with Crippen molar-refractivity contribution < 1.29 is 19.4 Å². The first-order valence-corrected chi connectivity index (χ1v) is 4.95. The molecule has 0 aliphatic heterocycles. The van der Waals surface area contributed by atoms with Crippen molar-refractivity contribution in [3.05, 3.63) is 35.7 Å². The minimum absolute atomic E-state index is 0.0122. The number of aldehydes is 1. The van der Waals surface area contributed by atoms with Gasteiger partial charge >= 0.3 is 5.97 Å². The van der Waals surface area contributed by atoms with Crippen molar-refractivity contribution in [1.29, 1.82) is 0 Å². The van der Waals surface area contributed by atoms with E-state index >= 15 is 0 Å². The Kier molecular flexibility index (Phi) is 3.05. The van der Waals surface area contributed by atoms with Gasteiger partial charge in [-0.3, -0.25) is 4.79 Å². The number of nitrogens with zero attached hydrogens (tertiary/aromatic N) is 3. The molecule has 0 bridgehead atoms. The molecule has 0 unspecified atom stereocenters. The summed E-state index contributed by atoms with van der Waals surface area (Å²) in [5.41, 5.74) is 0.662. The van der Waals surface area contributed by atoms with Crippen molar-refractivity contribution in [3.63, 3.8) is 0 Å². The van der Waals surface area contributed by atoms with Crippen molar-refractivity contribution in [2.24, 2.45) is 0 Å². The van der Waals surface area contributed by atoms with Gasteiger partial charge in [-0.2, -0.15) is 0 Å². The fourth-order valence-corrected chi connectivity index (χ4v) is 1.46. The van der Waals surface area contributed by atoms with Crippen molar-refractivity contribution in [2.75, 3.05) is 7.11 Å². The third-order valence-electron chi connectivity index (χ3n) is 2.31. The van der Waals surface area contributed by atoms with Gasteiger partial charge < -0.3 is 9.84 Å². The van der Waals surface area contributed by atoms with Crippen LogP contribution in [0, 0.1) is 0 Å². The quantitative estimate of drug-likeness (QED) is 0.802. The molecule has 0 aliphatic rings. The van der Waals surface area contributed by atoms with Crippen molar-refractivity contribution in [1.82, 2.24) is 15.0 Å². The predicted molar refractivity (Wildman–Crippen MR) is 60.3 cm³/mol. The molecule has 0 saturated heterocycles. The van der Waals surface area contributed by atoms with Crippen LogP contribution in [0.4, 0.5) is 0 Å². The normalized spacial score (nSPS) is 10.1. The highest BCUT2D eigenvalue weighted by atomic mass is 16.5. The fourth-order valence-electron chi connectivity index (χ4n) is 1.46. The van der Waals surface area contributed by atoms with Gasteiger partial charge in [0.15, 0.2) is 6.29 Å². The van der Waals surface area contributed by atoms with E-state index in [1.807, 2.05) is 0 Å². The zero-order chi connectivity index (χ0) is 13.1. The summed E-state index contributed by atoms with van der Waals surface area (Å²) >= 11 is 0. The number of hydrogen-bond acceptors (Lipinski definition) is 5. The maximum Gasteiger partial charge on any atom is 0.339 e. The first-order chi connectivity index (χ1) is 8.65. The molecule has 18 heavy (non-hydrogen) atoms. The lowest BCUT2D eigenvalue weighted by Crippen LogP contribution is -2.03. The number of aromatic carboxylic acids is 1. The van der Waals surface area contributed by atoms with Crippen LogP contribution in [-0.2, 0) is 0 Å². The third kappa shape index (κ3) is 2.05. The summed E-state index contributed by atoms with van der Waals surface area (Å²) in [5.74, 6) is -0.855. The van der Waals surface area contributed by atoms with Gasteiger partial charge in [-0.1, -0.05) is 5.21 Å². The zero-order valence-corrected chi connectivity index (χ0v) is 9.40. The summed E-state index contributed by atoms with van der Waals surface area (Å²) in [7, 11) is 1.39. The van der Waals surface area contributed by atoms with E-state index in [9.17, 15) is 9.59 Å². The molecule has 0 saturated carbocycles. The Morgan fingerprint density at radius 3 is 2.83 bits per heavy atom. The van der Waals surface area contributed by atoms with Crippen LogP contribution in [0.2, 0.25) is 0 Å². The van der Waals surface area contributed by atoms with E-state index in [4.69, 9.17) is 9.84 Å². The zero-order valence-electron chi connectivity index (χ0n) is 9.40. The average molecular weight is 247 g/mol. The number of ether oxygens (including phenoxy) is 1. The van der Waals surface area contributed by atoms with Crippen LogP contribution in [0.15, 0.2) is 24.4 Å². The Morgan fingerprint density at radius 1 is 1.50 bits per heavy atom. The molecule has 92 valence electrons. The summed E-state index contributed by atoms with van der Waals surface area (Å²) < 4.78 is 6.26. The third-order valence-corrected chi connectivity index (χ3v) is 2.31. The van der Waals surface area contributed by atoms with Gasteiger partial charge in [-0.15, -0.1) is 5.10 Å². The molecule has 1 aromatic carbocycles. The molecule has 7 nitrogen and oxygen atoms in total. The van der Waals surface area contributed by atoms with E-state index in [-0.39, 0.29) is 17.0 Å². The fraction of sp³-hybridized carbons (Fsp3) is 0.0909. The monoisotopic (exact) mass is 247 g/mol. The molecular weight excluding hydrogens is 238 g/mol. The van der Waals surface area contributed by atoms with Crippen LogP contribution in [0.3, 0.4) is 0 Å². The molecule has 2 aromatic rings. The van der Waals surface area contributed by atoms with Gasteiger partial charge in [0.2, 0.25) is 0 Å². The maximum atomic E-state index is 11.0. The van der Waals surface area contributed by atoms with Gasteiger partial charge in [0.05, 0.1) is 19.0 Å². The number of aromatic nitrogens is 3. The summed E-state index contributed by atoms with van der Waals surface area (Å²) in [5, 5.41) is 16.3. The highest BCUT2D eigenvalue weighted by Crippen LogP contribution is 2.21. The van der Waals surface area contributed by atoms with Crippen molar-refractivity contribution in [3.8, 4) is 11.4 Å². The number of carboxylic acids is 1. The van der Waals surface area contributed by atoms with Gasteiger partial charge in [-0.05, 0) is 18.2 Å². The van der Waals surface area contributed by atoms with Crippen LogP contribution in [0.1, 0.15) is 20.8 Å². The molecule has 1 aromatic heterocycles. The van der Waals surface area contributed by atoms with Gasteiger partial charge in [-0.25, -0.2) is 9.48 Å². The van der Waals surface area contributed by atoms with Gasteiger partial charge in [0.1, 0.15) is 17.0 Å². The van der Waals surface area contributed by atoms with Crippen LogP contribution in [0.25, 0.3) is 5.69 Å². The number of carbonyl (C=O) groups excluding carboxylic acids is 1. The standard InChI is InChI=1S/C11H9N3O4/c1-18-10-3-2-8(4-9(10)11(16)17)14-5-7(6-15)12-13-14/h2-6H,1H3,(H,16,17). The topological polar surface area (TPSA) is 94.3 Å². The Balaban J connectivity index is 2.49. The number of carbonyl (C=O) groups is 2.